The number of amides is 1. The number of aromatic amines is 1. The summed E-state index contributed by atoms with van der Waals surface area (Å²) in [5, 5.41) is 14.2. The fourth-order valence-corrected chi connectivity index (χ4v) is 2.92. The summed E-state index contributed by atoms with van der Waals surface area (Å²) in [5.41, 5.74) is 3.47. The predicted molar refractivity (Wildman–Crippen MR) is 110 cm³/mol. The fourth-order valence-electron chi connectivity index (χ4n) is 2.92. The molecule has 4 aromatic rings. The molecular weight excluding hydrogens is 352 g/mol. The maximum Gasteiger partial charge on any atom is 0.224 e. The summed E-state index contributed by atoms with van der Waals surface area (Å²) < 4.78 is 0. The Hall–Kier alpha value is -3.74. The van der Waals surface area contributed by atoms with Gasteiger partial charge in [0, 0.05) is 34.9 Å². The topological polar surface area (TPSA) is 95.6 Å². The number of fused-ring (bicyclic) bond motifs is 1. The van der Waals surface area contributed by atoms with Gasteiger partial charge in [-0.3, -0.25) is 9.89 Å². The summed E-state index contributed by atoms with van der Waals surface area (Å²) in [7, 11) is 0. The molecule has 4 rings (SSSR count). The van der Waals surface area contributed by atoms with E-state index in [0.29, 0.717) is 18.1 Å². The highest BCUT2D eigenvalue weighted by Crippen LogP contribution is 2.23. The molecular formula is C21H20N6O. The normalized spacial score (nSPS) is 10.8. The molecule has 0 unspecified atom stereocenters. The van der Waals surface area contributed by atoms with E-state index in [1.54, 1.807) is 12.4 Å². The average Bonchev–Trinajstić information content (AvgIpc) is 3.16. The van der Waals surface area contributed by atoms with Crippen molar-refractivity contribution in [1.29, 1.82) is 0 Å². The zero-order valence-electron chi connectivity index (χ0n) is 15.4. The molecule has 3 N–H and O–H groups in total. The first-order valence-electron chi connectivity index (χ1n) is 9.15. The lowest BCUT2D eigenvalue weighted by Crippen LogP contribution is -2.10. The number of nitrogens with one attached hydrogen (secondary N) is 3. The second kappa shape index (κ2) is 7.87. The number of benzene rings is 2. The Balaban J connectivity index is 1.55. The lowest BCUT2D eigenvalue weighted by atomic mass is 10.2. The molecule has 2 aromatic heterocycles. The Morgan fingerprint density at radius 3 is 2.93 bits per heavy atom. The van der Waals surface area contributed by atoms with Gasteiger partial charge in [-0.05, 0) is 42.8 Å². The van der Waals surface area contributed by atoms with Crippen LogP contribution < -0.4 is 10.6 Å². The quantitative estimate of drug-likeness (QED) is 0.463. The Bertz CT molecular complexity index is 1120. The minimum Gasteiger partial charge on any atom is -0.340 e. The molecule has 1 amide bonds. The highest BCUT2D eigenvalue weighted by molar-refractivity contribution is 5.91. The summed E-state index contributed by atoms with van der Waals surface area (Å²) in [4.78, 5) is 20.8. The number of anilines is 3. The average molecular weight is 372 g/mol. The molecule has 0 bridgehead atoms. The van der Waals surface area contributed by atoms with Crippen molar-refractivity contribution in [3.8, 4) is 11.4 Å². The summed E-state index contributed by atoms with van der Waals surface area (Å²) in [5.74, 6) is 1.28. The largest absolute Gasteiger partial charge is 0.340 e. The first kappa shape index (κ1) is 17.7. The number of nitrogens with zero attached hydrogens (tertiary/aromatic N) is 3. The van der Waals surface area contributed by atoms with Crippen LogP contribution in [0.3, 0.4) is 0 Å². The summed E-state index contributed by atoms with van der Waals surface area (Å²) in [6, 6.07) is 15.3. The van der Waals surface area contributed by atoms with Gasteiger partial charge in [-0.25, -0.2) is 9.97 Å². The van der Waals surface area contributed by atoms with E-state index in [2.05, 4.69) is 30.8 Å². The summed E-state index contributed by atoms with van der Waals surface area (Å²) in [6.07, 6.45) is 4.81. The van der Waals surface area contributed by atoms with E-state index in [0.717, 1.165) is 34.3 Å². The second-order valence-corrected chi connectivity index (χ2v) is 6.44. The third-order valence-electron chi connectivity index (χ3n) is 4.25. The molecule has 0 aliphatic rings. The first-order chi connectivity index (χ1) is 13.7. The highest BCUT2D eigenvalue weighted by atomic mass is 16.1. The van der Waals surface area contributed by atoms with E-state index in [1.807, 2.05) is 55.5 Å². The smallest absolute Gasteiger partial charge is 0.224 e. The van der Waals surface area contributed by atoms with Crippen LogP contribution >= 0.6 is 0 Å². The number of hydrogen-bond donors (Lipinski definition) is 3. The van der Waals surface area contributed by atoms with Crippen LogP contribution in [0.25, 0.3) is 22.3 Å². The van der Waals surface area contributed by atoms with Gasteiger partial charge in [0.05, 0.1) is 11.7 Å². The standard InChI is InChI=1S/C21H20N6O/c1-2-4-20(28)25-16-6-3-5-14(11-16)21-22-10-9-19(26-21)24-17-7-8-18-15(12-17)13-23-27-18/h3,5-13H,2,4H2,1H3,(H,23,27)(H,25,28)(H,22,24,26). The van der Waals surface area contributed by atoms with E-state index in [4.69, 9.17) is 0 Å². The van der Waals surface area contributed by atoms with Gasteiger partial charge in [0.15, 0.2) is 5.82 Å². The highest BCUT2D eigenvalue weighted by Gasteiger charge is 2.07. The van der Waals surface area contributed by atoms with Gasteiger partial charge in [0.2, 0.25) is 5.91 Å². The van der Waals surface area contributed by atoms with Gasteiger partial charge in [-0.2, -0.15) is 5.10 Å². The Morgan fingerprint density at radius 1 is 1.11 bits per heavy atom. The van der Waals surface area contributed by atoms with Crippen molar-refractivity contribution in [3.63, 3.8) is 0 Å². The van der Waals surface area contributed by atoms with E-state index in [-0.39, 0.29) is 5.91 Å². The maximum atomic E-state index is 11.8. The van der Waals surface area contributed by atoms with Gasteiger partial charge in [-0.1, -0.05) is 19.1 Å². The number of carbonyl (C=O) groups excluding carboxylic acids is 1. The van der Waals surface area contributed by atoms with Crippen molar-refractivity contribution in [3.05, 3.63) is 60.9 Å². The maximum absolute atomic E-state index is 11.8. The van der Waals surface area contributed by atoms with E-state index >= 15 is 0 Å². The number of H-pyrrole nitrogens is 1. The minimum absolute atomic E-state index is 0.00521. The molecule has 0 radical (unpaired) electrons. The van der Waals surface area contributed by atoms with Crippen molar-refractivity contribution >= 4 is 34.0 Å². The van der Waals surface area contributed by atoms with Crippen molar-refractivity contribution < 1.29 is 4.79 Å². The monoisotopic (exact) mass is 372 g/mol. The van der Waals surface area contributed by atoms with Gasteiger partial charge < -0.3 is 10.6 Å². The van der Waals surface area contributed by atoms with Crippen LogP contribution in [0.4, 0.5) is 17.2 Å². The Morgan fingerprint density at radius 2 is 2.04 bits per heavy atom. The van der Waals surface area contributed by atoms with Gasteiger partial charge in [0.1, 0.15) is 5.82 Å². The van der Waals surface area contributed by atoms with Crippen LogP contribution in [0.2, 0.25) is 0 Å². The molecule has 0 saturated heterocycles. The number of aromatic nitrogens is 4. The lowest BCUT2D eigenvalue weighted by Gasteiger charge is -2.09. The van der Waals surface area contributed by atoms with Crippen molar-refractivity contribution in [2.75, 3.05) is 10.6 Å². The molecule has 0 atom stereocenters. The van der Waals surface area contributed by atoms with Crippen LogP contribution in [0.15, 0.2) is 60.9 Å². The van der Waals surface area contributed by atoms with Gasteiger partial charge >= 0.3 is 0 Å². The number of hydrogen-bond acceptors (Lipinski definition) is 5. The second-order valence-electron chi connectivity index (χ2n) is 6.44. The summed E-state index contributed by atoms with van der Waals surface area (Å²) >= 11 is 0. The molecule has 0 fully saturated rings. The van der Waals surface area contributed by atoms with Crippen LogP contribution in [-0.2, 0) is 4.79 Å². The lowest BCUT2D eigenvalue weighted by molar-refractivity contribution is -0.116. The van der Waals surface area contributed by atoms with Crippen LogP contribution in [-0.4, -0.2) is 26.1 Å². The third-order valence-corrected chi connectivity index (χ3v) is 4.25. The van der Waals surface area contributed by atoms with Crippen LogP contribution in [0.1, 0.15) is 19.8 Å². The molecule has 2 aromatic carbocycles. The van der Waals surface area contributed by atoms with Crippen molar-refractivity contribution in [2.24, 2.45) is 0 Å². The van der Waals surface area contributed by atoms with Crippen molar-refractivity contribution in [1.82, 2.24) is 20.2 Å². The van der Waals surface area contributed by atoms with E-state index < -0.39 is 0 Å². The zero-order valence-corrected chi connectivity index (χ0v) is 15.4. The number of carbonyl (C=O) groups is 1. The predicted octanol–water partition coefficient (Wildman–Crippen LogP) is 4.50. The molecule has 7 heteroatoms. The van der Waals surface area contributed by atoms with Gasteiger partial charge in [0.25, 0.3) is 0 Å². The molecule has 140 valence electrons. The Kier molecular flexibility index (Phi) is 4.97. The SMILES string of the molecule is CCCC(=O)Nc1cccc(-c2nccc(Nc3ccc4[nH]ncc4c3)n2)c1. The van der Waals surface area contributed by atoms with E-state index in [9.17, 15) is 4.79 Å². The molecule has 0 saturated carbocycles. The van der Waals surface area contributed by atoms with E-state index in [1.165, 1.54) is 0 Å². The zero-order chi connectivity index (χ0) is 19.3. The molecule has 2 heterocycles. The molecule has 0 aliphatic heterocycles. The molecule has 0 aliphatic carbocycles. The van der Waals surface area contributed by atoms with Gasteiger partial charge in [-0.15, -0.1) is 0 Å². The molecule has 0 spiro atoms. The van der Waals surface area contributed by atoms with Crippen molar-refractivity contribution in [2.45, 2.75) is 19.8 Å². The Labute approximate surface area is 162 Å². The van der Waals surface area contributed by atoms with Crippen LogP contribution in [0, 0.1) is 0 Å². The van der Waals surface area contributed by atoms with Crippen LogP contribution in [0.5, 0.6) is 0 Å². The first-order valence-corrected chi connectivity index (χ1v) is 9.15. The number of rotatable bonds is 6. The minimum atomic E-state index is 0.00521. The fraction of sp³-hybridized carbons (Fsp3) is 0.143. The molecule has 28 heavy (non-hydrogen) atoms. The summed E-state index contributed by atoms with van der Waals surface area (Å²) in [6.45, 7) is 1.98. The third kappa shape index (κ3) is 3.98. The molecule has 7 nitrogen and oxygen atoms in total.